The molecule has 0 radical (unpaired) electrons. The molecule has 25 heavy (non-hydrogen) atoms. The van der Waals surface area contributed by atoms with Crippen molar-refractivity contribution >= 4 is 5.91 Å². The first-order valence-corrected chi connectivity index (χ1v) is 8.45. The second kappa shape index (κ2) is 8.19. The number of nitrogens with zero attached hydrogens (tertiary/aromatic N) is 2. The van der Waals surface area contributed by atoms with Crippen LogP contribution in [0.2, 0.25) is 0 Å². The number of hydrogen-bond acceptors (Lipinski definition) is 3. The number of carbonyl (C=O) groups excluding carboxylic acids is 1. The Bertz CT molecular complexity index is 563. The van der Waals surface area contributed by atoms with E-state index in [-0.39, 0.29) is 18.0 Å². The van der Waals surface area contributed by atoms with Gasteiger partial charge in [0.25, 0.3) is 5.91 Å². The lowest BCUT2D eigenvalue weighted by Gasteiger charge is -2.44. The normalized spacial score (nSPS) is 22.2. The van der Waals surface area contributed by atoms with Crippen LogP contribution < -0.4 is 0 Å². The monoisotopic (exact) mass is 358 g/mol. The van der Waals surface area contributed by atoms with Crippen LogP contribution in [0.3, 0.4) is 0 Å². The number of piperazine rings is 1. The molecule has 7 heteroatoms. The van der Waals surface area contributed by atoms with Gasteiger partial charge < -0.3 is 9.64 Å². The molecule has 1 aliphatic heterocycles. The van der Waals surface area contributed by atoms with E-state index in [4.69, 9.17) is 4.74 Å². The molecule has 1 fully saturated rings. The van der Waals surface area contributed by atoms with E-state index in [1.165, 1.54) is 12.1 Å². The van der Waals surface area contributed by atoms with Gasteiger partial charge in [-0.15, -0.1) is 0 Å². The number of halogens is 3. The van der Waals surface area contributed by atoms with Gasteiger partial charge in [0, 0.05) is 51.0 Å². The van der Waals surface area contributed by atoms with Crippen LogP contribution in [0.25, 0.3) is 0 Å². The number of hydrogen-bond donors (Lipinski definition) is 0. The smallest absolute Gasteiger partial charge is 0.385 e. The van der Waals surface area contributed by atoms with Crippen molar-refractivity contribution in [1.29, 1.82) is 0 Å². The Morgan fingerprint density at radius 1 is 1.16 bits per heavy atom. The zero-order valence-electron chi connectivity index (χ0n) is 14.8. The molecule has 1 aromatic rings. The van der Waals surface area contributed by atoms with Crippen molar-refractivity contribution in [3.63, 3.8) is 0 Å². The maximum Gasteiger partial charge on any atom is 0.416 e. The van der Waals surface area contributed by atoms with Crippen LogP contribution in [0.15, 0.2) is 24.3 Å². The SMILES string of the molecule is COCCCN1C(C)CN(C(=O)c2ccc(C(F)(F)F)cc2)CC1C. The van der Waals surface area contributed by atoms with Gasteiger partial charge in [-0.2, -0.15) is 13.2 Å². The molecule has 0 aromatic heterocycles. The molecule has 2 atom stereocenters. The summed E-state index contributed by atoms with van der Waals surface area (Å²) in [5.41, 5.74) is -0.450. The predicted octanol–water partition coefficient (Wildman–Crippen LogP) is 3.28. The highest BCUT2D eigenvalue weighted by Gasteiger charge is 2.33. The molecule has 1 heterocycles. The van der Waals surface area contributed by atoms with E-state index in [0.717, 1.165) is 25.1 Å². The first-order chi connectivity index (χ1) is 11.7. The van der Waals surface area contributed by atoms with Crippen LogP contribution in [-0.4, -0.2) is 61.1 Å². The predicted molar refractivity (Wildman–Crippen MR) is 89.5 cm³/mol. The standard InChI is InChI=1S/C18H25F3N2O2/c1-13-11-22(12-14(2)23(13)9-4-10-25-3)17(24)15-5-7-16(8-6-15)18(19,20)21/h5-8,13-14H,4,9-12H2,1-3H3. The Labute approximate surface area is 146 Å². The van der Waals surface area contributed by atoms with E-state index in [9.17, 15) is 18.0 Å². The number of amides is 1. The third-order valence-corrected chi connectivity index (χ3v) is 4.61. The van der Waals surface area contributed by atoms with Crippen molar-refractivity contribution in [2.24, 2.45) is 0 Å². The summed E-state index contributed by atoms with van der Waals surface area (Å²) in [6.07, 6.45) is -3.46. The lowest BCUT2D eigenvalue weighted by Crippen LogP contribution is -2.58. The fraction of sp³-hybridized carbons (Fsp3) is 0.611. The average Bonchev–Trinajstić information content (AvgIpc) is 2.56. The number of rotatable bonds is 5. The van der Waals surface area contributed by atoms with E-state index in [1.54, 1.807) is 12.0 Å². The molecular formula is C18H25F3N2O2. The Morgan fingerprint density at radius 2 is 1.72 bits per heavy atom. The summed E-state index contributed by atoms with van der Waals surface area (Å²) in [5.74, 6) is -0.219. The maximum absolute atomic E-state index is 12.6. The van der Waals surface area contributed by atoms with Gasteiger partial charge in [0.15, 0.2) is 0 Å². The third kappa shape index (κ3) is 4.95. The molecule has 0 bridgehead atoms. The summed E-state index contributed by atoms with van der Waals surface area (Å²) in [7, 11) is 1.67. The highest BCUT2D eigenvalue weighted by molar-refractivity contribution is 5.94. The van der Waals surface area contributed by atoms with E-state index in [0.29, 0.717) is 25.3 Å². The second-order valence-corrected chi connectivity index (χ2v) is 6.57. The summed E-state index contributed by atoms with van der Waals surface area (Å²) in [4.78, 5) is 16.7. The fourth-order valence-electron chi connectivity index (χ4n) is 3.34. The Morgan fingerprint density at radius 3 is 2.20 bits per heavy atom. The summed E-state index contributed by atoms with van der Waals surface area (Å²) in [6.45, 7) is 6.86. The third-order valence-electron chi connectivity index (χ3n) is 4.61. The molecule has 0 aliphatic carbocycles. The molecule has 0 spiro atoms. The summed E-state index contributed by atoms with van der Waals surface area (Å²) < 4.78 is 43.0. The first-order valence-electron chi connectivity index (χ1n) is 8.45. The van der Waals surface area contributed by atoms with Crippen LogP contribution >= 0.6 is 0 Å². The van der Waals surface area contributed by atoms with Gasteiger partial charge in [-0.3, -0.25) is 9.69 Å². The van der Waals surface area contributed by atoms with Gasteiger partial charge in [-0.1, -0.05) is 0 Å². The highest BCUT2D eigenvalue weighted by Crippen LogP contribution is 2.29. The summed E-state index contributed by atoms with van der Waals surface area (Å²) in [5, 5.41) is 0. The van der Waals surface area contributed by atoms with Crippen LogP contribution in [0, 0.1) is 0 Å². The minimum atomic E-state index is -4.39. The molecule has 4 nitrogen and oxygen atoms in total. The van der Waals surface area contributed by atoms with Crippen LogP contribution in [0.1, 0.15) is 36.2 Å². The summed E-state index contributed by atoms with van der Waals surface area (Å²) in [6, 6.07) is 4.82. The Balaban J connectivity index is 2.01. The number of methoxy groups -OCH3 is 1. The van der Waals surface area contributed by atoms with Crippen LogP contribution in [0.5, 0.6) is 0 Å². The lowest BCUT2D eigenvalue weighted by atomic mass is 10.0. The Kier molecular flexibility index (Phi) is 6.46. The Hall–Kier alpha value is -1.60. The summed E-state index contributed by atoms with van der Waals surface area (Å²) >= 11 is 0. The maximum atomic E-state index is 12.6. The van der Waals surface area contributed by atoms with Gasteiger partial charge in [-0.25, -0.2) is 0 Å². The van der Waals surface area contributed by atoms with Crippen molar-refractivity contribution in [1.82, 2.24) is 9.80 Å². The van der Waals surface area contributed by atoms with Crippen LogP contribution in [-0.2, 0) is 10.9 Å². The van der Waals surface area contributed by atoms with E-state index in [2.05, 4.69) is 18.7 Å². The molecule has 2 unspecified atom stereocenters. The molecular weight excluding hydrogens is 333 g/mol. The van der Waals surface area contributed by atoms with E-state index in [1.807, 2.05) is 0 Å². The van der Waals surface area contributed by atoms with Crippen molar-refractivity contribution in [3.05, 3.63) is 35.4 Å². The molecule has 0 saturated carbocycles. The molecule has 0 N–H and O–H groups in total. The fourth-order valence-corrected chi connectivity index (χ4v) is 3.34. The number of benzene rings is 1. The lowest BCUT2D eigenvalue weighted by molar-refractivity contribution is -0.137. The van der Waals surface area contributed by atoms with Gasteiger partial charge in [0.05, 0.1) is 5.56 Å². The molecule has 1 saturated heterocycles. The largest absolute Gasteiger partial charge is 0.416 e. The quantitative estimate of drug-likeness (QED) is 0.758. The zero-order chi connectivity index (χ0) is 18.6. The van der Waals surface area contributed by atoms with E-state index < -0.39 is 11.7 Å². The van der Waals surface area contributed by atoms with Gasteiger partial charge in [0.1, 0.15) is 0 Å². The highest BCUT2D eigenvalue weighted by atomic mass is 19.4. The molecule has 2 rings (SSSR count). The van der Waals surface area contributed by atoms with Crippen molar-refractivity contribution in [3.8, 4) is 0 Å². The van der Waals surface area contributed by atoms with E-state index >= 15 is 0 Å². The number of carbonyl (C=O) groups is 1. The van der Waals surface area contributed by atoms with Gasteiger partial charge in [-0.05, 0) is 44.5 Å². The van der Waals surface area contributed by atoms with Crippen molar-refractivity contribution in [2.45, 2.75) is 38.5 Å². The topological polar surface area (TPSA) is 32.8 Å². The second-order valence-electron chi connectivity index (χ2n) is 6.57. The molecule has 140 valence electrons. The van der Waals surface area contributed by atoms with Gasteiger partial charge in [0.2, 0.25) is 0 Å². The number of ether oxygens (including phenoxy) is 1. The zero-order valence-corrected chi connectivity index (χ0v) is 14.8. The first kappa shape index (κ1) is 19.7. The minimum absolute atomic E-state index is 0.194. The molecule has 1 aromatic carbocycles. The van der Waals surface area contributed by atoms with Gasteiger partial charge >= 0.3 is 6.18 Å². The van der Waals surface area contributed by atoms with Crippen LogP contribution in [0.4, 0.5) is 13.2 Å². The van der Waals surface area contributed by atoms with Crippen molar-refractivity contribution < 1.29 is 22.7 Å². The molecule has 1 aliphatic rings. The number of alkyl halides is 3. The molecule has 1 amide bonds. The average molecular weight is 358 g/mol. The minimum Gasteiger partial charge on any atom is -0.385 e. The van der Waals surface area contributed by atoms with Crippen molar-refractivity contribution in [2.75, 3.05) is 33.4 Å².